The summed E-state index contributed by atoms with van der Waals surface area (Å²) >= 11 is 0. The normalized spacial score (nSPS) is 41.1. The second-order valence-corrected chi connectivity index (χ2v) is 4.68. The van der Waals surface area contributed by atoms with Crippen LogP contribution in [0.4, 0.5) is 0 Å². The molecule has 2 bridgehead atoms. The third kappa shape index (κ3) is 0.907. The Bertz CT molecular complexity index is 394. The molecule has 1 saturated carbocycles. The van der Waals surface area contributed by atoms with Crippen molar-refractivity contribution in [2.45, 2.75) is 13.8 Å². The Morgan fingerprint density at radius 3 is 1.93 bits per heavy atom. The summed E-state index contributed by atoms with van der Waals surface area (Å²) in [5.74, 6) is -0.913. The maximum atomic E-state index is 11.5. The number of cyclic esters (lactones) is 2. The van der Waals surface area contributed by atoms with Gasteiger partial charge in [-0.2, -0.15) is 0 Å². The second-order valence-electron chi connectivity index (χ2n) is 4.68. The van der Waals surface area contributed by atoms with Gasteiger partial charge in [-0.25, -0.2) is 0 Å². The number of hydrogen-bond donors (Lipinski definition) is 0. The Labute approximate surface area is 87.8 Å². The van der Waals surface area contributed by atoms with Crippen LogP contribution in [0.25, 0.3) is 0 Å². The van der Waals surface area contributed by atoms with Crippen LogP contribution >= 0.6 is 0 Å². The Balaban J connectivity index is 2.13. The highest BCUT2D eigenvalue weighted by atomic mass is 16.6. The number of fused-ring (bicyclic) bond motifs is 5. The quantitative estimate of drug-likeness (QED) is 0.341. The molecule has 0 amide bonds. The highest BCUT2D eigenvalue weighted by Gasteiger charge is 2.60. The minimum atomic E-state index is -0.333. The Morgan fingerprint density at radius 2 is 1.53 bits per heavy atom. The van der Waals surface area contributed by atoms with Crippen molar-refractivity contribution >= 4 is 11.9 Å². The zero-order valence-corrected chi connectivity index (χ0v) is 8.69. The van der Waals surface area contributed by atoms with Crippen LogP contribution in [0.3, 0.4) is 0 Å². The SMILES string of the molecule is CC(C)=C1[C@@H]2C=C[C@@H]1[C@H]1C(=O)OC(=O)[C@@H]12. The molecule has 2 fully saturated rings. The van der Waals surface area contributed by atoms with E-state index in [9.17, 15) is 9.59 Å². The fourth-order valence-corrected chi connectivity index (χ4v) is 3.23. The Kier molecular flexibility index (Phi) is 1.54. The molecule has 0 aromatic rings. The molecule has 3 aliphatic rings. The summed E-state index contributed by atoms with van der Waals surface area (Å²) in [5.41, 5.74) is 2.49. The summed E-state index contributed by atoms with van der Waals surface area (Å²) in [5, 5.41) is 0. The third-order valence-electron chi connectivity index (χ3n) is 3.73. The van der Waals surface area contributed by atoms with Gasteiger partial charge in [-0.15, -0.1) is 0 Å². The van der Waals surface area contributed by atoms with E-state index in [-0.39, 0.29) is 35.6 Å². The van der Waals surface area contributed by atoms with Crippen molar-refractivity contribution in [2.75, 3.05) is 0 Å². The predicted molar refractivity (Wildman–Crippen MR) is 52.6 cm³/mol. The van der Waals surface area contributed by atoms with Crippen LogP contribution in [0.1, 0.15) is 13.8 Å². The van der Waals surface area contributed by atoms with Crippen molar-refractivity contribution in [1.82, 2.24) is 0 Å². The summed E-state index contributed by atoms with van der Waals surface area (Å²) in [7, 11) is 0. The highest BCUT2D eigenvalue weighted by Crippen LogP contribution is 2.55. The first-order valence-corrected chi connectivity index (χ1v) is 5.22. The van der Waals surface area contributed by atoms with E-state index in [4.69, 9.17) is 4.74 Å². The van der Waals surface area contributed by atoms with Gasteiger partial charge in [-0.1, -0.05) is 23.3 Å². The largest absolute Gasteiger partial charge is 0.393 e. The molecular formula is C12H12O3. The molecule has 1 heterocycles. The number of ether oxygens (including phenoxy) is 1. The lowest BCUT2D eigenvalue weighted by Crippen LogP contribution is -2.21. The molecule has 0 aromatic carbocycles. The monoisotopic (exact) mass is 204 g/mol. The van der Waals surface area contributed by atoms with Crippen LogP contribution in [0.15, 0.2) is 23.3 Å². The van der Waals surface area contributed by atoms with Gasteiger partial charge in [0, 0.05) is 11.8 Å². The van der Waals surface area contributed by atoms with E-state index in [1.165, 1.54) is 11.1 Å². The van der Waals surface area contributed by atoms with E-state index in [0.717, 1.165) is 0 Å². The first-order chi connectivity index (χ1) is 7.11. The van der Waals surface area contributed by atoms with Crippen molar-refractivity contribution in [3.8, 4) is 0 Å². The number of carbonyl (C=O) groups is 2. The fraction of sp³-hybridized carbons (Fsp3) is 0.500. The highest BCUT2D eigenvalue weighted by molar-refractivity contribution is 5.99. The average molecular weight is 204 g/mol. The summed E-state index contributed by atoms with van der Waals surface area (Å²) in [4.78, 5) is 23.0. The number of allylic oxidation sites excluding steroid dienone is 4. The summed E-state index contributed by atoms with van der Waals surface area (Å²) < 4.78 is 4.70. The standard InChI is InChI=1S/C12H12O3/c1-5(2)8-6-3-4-7(8)10-9(6)11(13)15-12(10)14/h3-4,6-7,9-10H,1-2H3/t6-,7-,9+,10+/m0/s1. The summed E-state index contributed by atoms with van der Waals surface area (Å²) in [6.45, 7) is 4.08. The molecule has 3 nitrogen and oxygen atoms in total. The molecule has 78 valence electrons. The first-order valence-electron chi connectivity index (χ1n) is 5.22. The van der Waals surface area contributed by atoms with Crippen LogP contribution in [0, 0.1) is 23.7 Å². The van der Waals surface area contributed by atoms with Gasteiger partial charge in [0.1, 0.15) is 0 Å². The van der Waals surface area contributed by atoms with Gasteiger partial charge in [0.2, 0.25) is 0 Å². The van der Waals surface area contributed by atoms with Gasteiger partial charge < -0.3 is 4.74 Å². The molecule has 3 rings (SSSR count). The van der Waals surface area contributed by atoms with Crippen LogP contribution in [0.5, 0.6) is 0 Å². The molecule has 0 N–H and O–H groups in total. The van der Waals surface area contributed by atoms with Crippen molar-refractivity contribution in [1.29, 1.82) is 0 Å². The predicted octanol–water partition coefficient (Wildman–Crippen LogP) is 1.45. The summed E-state index contributed by atoms with van der Waals surface area (Å²) in [6.07, 6.45) is 4.10. The van der Waals surface area contributed by atoms with Crippen molar-refractivity contribution < 1.29 is 14.3 Å². The number of hydrogen-bond acceptors (Lipinski definition) is 3. The van der Waals surface area contributed by atoms with Crippen molar-refractivity contribution in [2.24, 2.45) is 23.7 Å². The topological polar surface area (TPSA) is 43.4 Å². The van der Waals surface area contributed by atoms with Gasteiger partial charge in [-0.3, -0.25) is 9.59 Å². The van der Waals surface area contributed by atoms with E-state index in [2.05, 4.69) is 0 Å². The minimum absolute atomic E-state index is 0.115. The molecular weight excluding hydrogens is 192 g/mol. The maximum absolute atomic E-state index is 11.5. The van der Waals surface area contributed by atoms with E-state index < -0.39 is 0 Å². The van der Waals surface area contributed by atoms with Crippen LogP contribution in [0.2, 0.25) is 0 Å². The maximum Gasteiger partial charge on any atom is 0.318 e. The van der Waals surface area contributed by atoms with Crippen LogP contribution in [-0.2, 0) is 14.3 Å². The van der Waals surface area contributed by atoms with Crippen molar-refractivity contribution in [3.63, 3.8) is 0 Å². The van der Waals surface area contributed by atoms with Gasteiger partial charge in [0.05, 0.1) is 11.8 Å². The third-order valence-corrected chi connectivity index (χ3v) is 3.73. The van der Waals surface area contributed by atoms with Gasteiger partial charge in [0.15, 0.2) is 0 Å². The fourth-order valence-electron chi connectivity index (χ4n) is 3.23. The smallest absolute Gasteiger partial charge is 0.318 e. The first kappa shape index (κ1) is 8.89. The van der Waals surface area contributed by atoms with Crippen molar-refractivity contribution in [3.05, 3.63) is 23.3 Å². The van der Waals surface area contributed by atoms with E-state index in [0.29, 0.717) is 0 Å². The van der Waals surface area contributed by atoms with E-state index in [1.54, 1.807) is 0 Å². The molecule has 1 saturated heterocycles. The molecule has 15 heavy (non-hydrogen) atoms. The zero-order chi connectivity index (χ0) is 10.7. The van der Waals surface area contributed by atoms with E-state index >= 15 is 0 Å². The Morgan fingerprint density at radius 1 is 1.07 bits per heavy atom. The van der Waals surface area contributed by atoms with Crippen LogP contribution in [-0.4, -0.2) is 11.9 Å². The second kappa shape index (κ2) is 2.60. The number of carbonyl (C=O) groups excluding carboxylic acids is 2. The molecule has 3 heteroatoms. The summed E-state index contributed by atoms with van der Waals surface area (Å²) in [6, 6.07) is 0. The van der Waals surface area contributed by atoms with Gasteiger partial charge in [0.25, 0.3) is 0 Å². The molecule has 4 atom stereocenters. The van der Waals surface area contributed by atoms with Gasteiger partial charge in [-0.05, 0) is 13.8 Å². The lowest BCUT2D eigenvalue weighted by atomic mass is 9.85. The molecule has 0 radical (unpaired) electrons. The van der Waals surface area contributed by atoms with Crippen LogP contribution < -0.4 is 0 Å². The lowest BCUT2D eigenvalue weighted by Gasteiger charge is -2.11. The van der Waals surface area contributed by atoms with Gasteiger partial charge >= 0.3 is 11.9 Å². The minimum Gasteiger partial charge on any atom is -0.393 e. The van der Waals surface area contributed by atoms with E-state index in [1.807, 2.05) is 26.0 Å². The molecule has 0 spiro atoms. The molecule has 1 aliphatic heterocycles. The number of rotatable bonds is 0. The Hall–Kier alpha value is -1.38. The average Bonchev–Trinajstić information content (AvgIpc) is 2.77. The molecule has 0 aromatic heterocycles. The molecule has 0 unspecified atom stereocenters. The number of esters is 2. The molecule has 2 aliphatic carbocycles. The zero-order valence-electron chi connectivity index (χ0n) is 8.69. The lowest BCUT2D eigenvalue weighted by molar-refractivity contribution is -0.154.